The Kier molecular flexibility index (Phi) is 5.68. The van der Waals surface area contributed by atoms with Gasteiger partial charge in [-0.05, 0) is 67.6 Å². The fraction of sp³-hybridized carbons (Fsp3) is 0.222. The highest BCUT2D eigenvalue weighted by Crippen LogP contribution is 2.34. The lowest BCUT2D eigenvalue weighted by molar-refractivity contribution is -0.117. The summed E-state index contributed by atoms with van der Waals surface area (Å²) in [5.74, 6) is 0.295. The van der Waals surface area contributed by atoms with Crippen molar-refractivity contribution in [1.29, 1.82) is 0 Å². The molecule has 5 nitrogen and oxygen atoms in total. The number of carbonyl (C=O) groups excluding carboxylic acids is 1. The molecule has 1 amide bonds. The maximum absolute atomic E-state index is 11.8. The largest absolute Gasteiger partial charge is 0.326 e. The van der Waals surface area contributed by atoms with Gasteiger partial charge in [-0.2, -0.15) is 0 Å². The van der Waals surface area contributed by atoms with Crippen LogP contribution in [0.5, 0.6) is 0 Å². The van der Waals surface area contributed by atoms with Gasteiger partial charge in [-0.1, -0.05) is 11.6 Å². The minimum atomic E-state index is 0.104. The molecule has 2 heterocycles. The molecule has 1 aliphatic rings. The SMILES string of the molecule is Cc1cnc(Sc2cc(Cl)nc(Sc3ccc(NC(=O)C4CC4)cc3)n2)s1. The van der Waals surface area contributed by atoms with Crippen LogP contribution in [0, 0.1) is 12.8 Å². The zero-order chi connectivity index (χ0) is 18.8. The number of anilines is 1. The van der Waals surface area contributed by atoms with Gasteiger partial charge in [-0.25, -0.2) is 15.0 Å². The van der Waals surface area contributed by atoms with Crippen molar-refractivity contribution in [2.45, 2.75) is 39.2 Å². The van der Waals surface area contributed by atoms with E-state index in [0.717, 1.165) is 37.7 Å². The number of nitrogens with one attached hydrogen (secondary N) is 1. The van der Waals surface area contributed by atoms with E-state index >= 15 is 0 Å². The van der Waals surface area contributed by atoms with Gasteiger partial charge < -0.3 is 5.32 Å². The molecule has 2 aromatic heterocycles. The second-order valence-electron chi connectivity index (χ2n) is 6.04. The van der Waals surface area contributed by atoms with E-state index in [1.54, 1.807) is 17.4 Å². The minimum absolute atomic E-state index is 0.104. The molecule has 9 heteroatoms. The highest BCUT2D eigenvalue weighted by atomic mass is 35.5. The smallest absolute Gasteiger partial charge is 0.227 e. The van der Waals surface area contributed by atoms with E-state index in [0.29, 0.717) is 10.3 Å². The summed E-state index contributed by atoms with van der Waals surface area (Å²) in [6, 6.07) is 9.40. The van der Waals surface area contributed by atoms with Gasteiger partial charge in [-0.3, -0.25) is 4.79 Å². The van der Waals surface area contributed by atoms with Crippen LogP contribution in [0.4, 0.5) is 5.69 Å². The van der Waals surface area contributed by atoms with E-state index in [4.69, 9.17) is 11.6 Å². The Hall–Kier alpha value is -1.61. The van der Waals surface area contributed by atoms with Crippen LogP contribution in [0.3, 0.4) is 0 Å². The fourth-order valence-corrected chi connectivity index (χ4v) is 5.26. The van der Waals surface area contributed by atoms with Crippen LogP contribution in [-0.4, -0.2) is 20.9 Å². The van der Waals surface area contributed by atoms with Gasteiger partial charge >= 0.3 is 0 Å². The zero-order valence-corrected chi connectivity index (χ0v) is 17.5. The van der Waals surface area contributed by atoms with Crippen molar-refractivity contribution < 1.29 is 4.79 Å². The predicted octanol–water partition coefficient (Wildman–Crippen LogP) is 5.55. The number of aromatic nitrogens is 3. The number of benzene rings is 1. The van der Waals surface area contributed by atoms with Crippen molar-refractivity contribution in [3.05, 3.63) is 46.6 Å². The summed E-state index contributed by atoms with van der Waals surface area (Å²) in [5, 5.41) is 4.67. The summed E-state index contributed by atoms with van der Waals surface area (Å²) in [5.41, 5.74) is 0.804. The number of hydrogen-bond donors (Lipinski definition) is 1. The summed E-state index contributed by atoms with van der Waals surface area (Å²) >= 11 is 10.7. The van der Waals surface area contributed by atoms with Gasteiger partial charge in [0.25, 0.3) is 0 Å². The van der Waals surface area contributed by atoms with Crippen molar-refractivity contribution in [2.24, 2.45) is 5.92 Å². The molecule has 0 aliphatic heterocycles. The first-order valence-electron chi connectivity index (χ1n) is 8.29. The summed E-state index contributed by atoms with van der Waals surface area (Å²) in [6.07, 6.45) is 3.83. The molecule has 1 aliphatic carbocycles. The molecule has 3 aromatic rings. The number of halogens is 1. The van der Waals surface area contributed by atoms with Crippen LogP contribution in [0.25, 0.3) is 0 Å². The molecule has 1 saturated carbocycles. The average Bonchev–Trinajstić information content (AvgIpc) is 3.40. The molecular formula is C18H15ClN4OS3. The van der Waals surface area contributed by atoms with Crippen molar-refractivity contribution in [3.63, 3.8) is 0 Å². The third-order valence-electron chi connectivity index (χ3n) is 3.72. The van der Waals surface area contributed by atoms with E-state index in [1.165, 1.54) is 23.5 Å². The molecule has 27 heavy (non-hydrogen) atoms. The first-order chi connectivity index (χ1) is 13.0. The monoisotopic (exact) mass is 434 g/mol. The van der Waals surface area contributed by atoms with E-state index in [-0.39, 0.29) is 11.8 Å². The van der Waals surface area contributed by atoms with Gasteiger partial charge in [0.2, 0.25) is 5.91 Å². The third-order valence-corrected chi connectivity index (χ3v) is 6.69. The third kappa shape index (κ3) is 5.22. The highest BCUT2D eigenvalue weighted by molar-refractivity contribution is 8.01. The van der Waals surface area contributed by atoms with Crippen molar-refractivity contribution in [2.75, 3.05) is 5.32 Å². The van der Waals surface area contributed by atoms with Crippen LogP contribution in [0.2, 0.25) is 5.15 Å². The van der Waals surface area contributed by atoms with E-state index in [1.807, 2.05) is 37.4 Å². The minimum Gasteiger partial charge on any atom is -0.326 e. The Balaban J connectivity index is 1.44. The molecule has 0 radical (unpaired) electrons. The standard InChI is InChI=1S/C18H15ClN4OS3/c1-10-9-20-18(25-10)27-15-8-14(19)22-17(23-15)26-13-6-4-12(5-7-13)21-16(24)11-2-3-11/h4-9,11H,2-3H2,1H3,(H,21,24). The number of thiazole rings is 1. The second-order valence-corrected chi connectivity index (χ2v) is 9.97. The molecule has 0 atom stereocenters. The summed E-state index contributed by atoms with van der Waals surface area (Å²) in [4.78, 5) is 27.1. The van der Waals surface area contributed by atoms with E-state index < -0.39 is 0 Å². The quantitative estimate of drug-likeness (QED) is 0.405. The summed E-state index contributed by atoms with van der Waals surface area (Å²) in [7, 11) is 0. The number of nitrogens with zero attached hydrogens (tertiary/aromatic N) is 3. The van der Waals surface area contributed by atoms with Crippen LogP contribution in [-0.2, 0) is 4.79 Å². The van der Waals surface area contributed by atoms with Crippen molar-refractivity contribution in [3.8, 4) is 0 Å². The molecule has 138 valence electrons. The zero-order valence-electron chi connectivity index (χ0n) is 14.3. The average molecular weight is 435 g/mol. The lowest BCUT2D eigenvalue weighted by atomic mass is 10.3. The van der Waals surface area contributed by atoms with Crippen LogP contribution in [0.15, 0.2) is 55.9 Å². The fourth-order valence-electron chi connectivity index (χ4n) is 2.25. The molecule has 1 fully saturated rings. The number of carbonyl (C=O) groups is 1. The maximum atomic E-state index is 11.8. The summed E-state index contributed by atoms with van der Waals surface area (Å²) in [6.45, 7) is 2.02. The van der Waals surface area contributed by atoms with Crippen molar-refractivity contribution in [1.82, 2.24) is 15.0 Å². The highest BCUT2D eigenvalue weighted by Gasteiger charge is 2.29. The molecular weight excluding hydrogens is 420 g/mol. The van der Waals surface area contributed by atoms with E-state index in [2.05, 4.69) is 20.3 Å². The van der Waals surface area contributed by atoms with Gasteiger partial charge in [-0.15, -0.1) is 11.3 Å². The number of amides is 1. The molecule has 1 aromatic carbocycles. The first-order valence-corrected chi connectivity index (χ1v) is 11.1. The normalized spacial score (nSPS) is 13.6. The van der Waals surface area contributed by atoms with Crippen LogP contribution in [0.1, 0.15) is 17.7 Å². The Labute approximate surface area is 174 Å². The van der Waals surface area contributed by atoms with Gasteiger partial charge in [0.1, 0.15) is 10.2 Å². The van der Waals surface area contributed by atoms with Crippen molar-refractivity contribution >= 4 is 58.1 Å². The van der Waals surface area contributed by atoms with Gasteiger partial charge in [0.15, 0.2) is 9.50 Å². The second kappa shape index (κ2) is 8.18. The number of rotatable bonds is 6. The Bertz CT molecular complexity index is 973. The molecule has 0 saturated heterocycles. The number of hydrogen-bond acceptors (Lipinski definition) is 7. The van der Waals surface area contributed by atoms with Crippen LogP contribution >= 0.6 is 46.5 Å². The van der Waals surface area contributed by atoms with Crippen LogP contribution < -0.4 is 5.32 Å². The number of aryl methyl sites for hydroxylation is 1. The lowest BCUT2D eigenvalue weighted by Crippen LogP contribution is -2.12. The molecule has 4 rings (SSSR count). The first kappa shape index (κ1) is 18.7. The van der Waals surface area contributed by atoms with Gasteiger partial charge in [0.05, 0.1) is 0 Å². The Morgan fingerprint density at radius 2 is 2.00 bits per heavy atom. The Morgan fingerprint density at radius 3 is 2.67 bits per heavy atom. The molecule has 0 spiro atoms. The Morgan fingerprint density at radius 1 is 1.22 bits per heavy atom. The molecule has 1 N–H and O–H groups in total. The molecule has 0 bridgehead atoms. The maximum Gasteiger partial charge on any atom is 0.227 e. The van der Waals surface area contributed by atoms with Gasteiger partial charge in [0, 0.05) is 33.6 Å². The lowest BCUT2D eigenvalue weighted by Gasteiger charge is -2.06. The topological polar surface area (TPSA) is 67.8 Å². The molecule has 0 unspecified atom stereocenters. The predicted molar refractivity (Wildman–Crippen MR) is 110 cm³/mol. The van der Waals surface area contributed by atoms with E-state index in [9.17, 15) is 4.79 Å². The summed E-state index contributed by atoms with van der Waals surface area (Å²) < 4.78 is 0.925.